The van der Waals surface area contributed by atoms with Crippen molar-refractivity contribution >= 4 is 6.03 Å². The third-order valence-electron chi connectivity index (χ3n) is 4.47. The maximum Gasteiger partial charge on any atom is 0.317 e. The minimum absolute atomic E-state index is 0.0572. The average molecular weight is 349 g/mol. The summed E-state index contributed by atoms with van der Waals surface area (Å²) in [5, 5.41) is 3.00. The molecule has 0 bridgehead atoms. The Morgan fingerprint density at radius 3 is 2.80 bits per heavy atom. The van der Waals surface area contributed by atoms with Crippen LogP contribution in [0, 0.1) is 0 Å². The highest BCUT2D eigenvalue weighted by Gasteiger charge is 2.24. The Bertz CT molecular complexity index is 563. The van der Waals surface area contributed by atoms with Crippen LogP contribution in [0.3, 0.4) is 0 Å². The highest BCUT2D eigenvalue weighted by atomic mass is 16.6. The minimum Gasteiger partial charge on any atom is -0.486 e. The number of benzene rings is 1. The summed E-state index contributed by atoms with van der Waals surface area (Å²) in [4.78, 5) is 16.5. The Hall–Kier alpha value is -1.99. The van der Waals surface area contributed by atoms with Crippen LogP contribution >= 0.6 is 0 Å². The molecule has 2 heterocycles. The number of para-hydroxylation sites is 2. The van der Waals surface area contributed by atoms with E-state index >= 15 is 0 Å². The smallest absolute Gasteiger partial charge is 0.317 e. The number of ether oxygens (including phenoxy) is 3. The number of nitrogens with zero attached hydrogens (tertiary/aromatic N) is 2. The molecule has 1 saturated heterocycles. The summed E-state index contributed by atoms with van der Waals surface area (Å²) >= 11 is 0. The van der Waals surface area contributed by atoms with Gasteiger partial charge >= 0.3 is 6.03 Å². The van der Waals surface area contributed by atoms with Crippen LogP contribution in [-0.2, 0) is 4.74 Å². The molecule has 0 radical (unpaired) electrons. The number of urea groups is 1. The first-order valence-corrected chi connectivity index (χ1v) is 8.97. The van der Waals surface area contributed by atoms with Gasteiger partial charge in [-0.1, -0.05) is 12.1 Å². The average Bonchev–Trinajstić information content (AvgIpc) is 2.66. The lowest BCUT2D eigenvalue weighted by Crippen LogP contribution is -2.49. The first-order chi connectivity index (χ1) is 12.3. The molecule has 138 valence electrons. The molecule has 0 saturated carbocycles. The number of hydrogen-bond donors (Lipinski definition) is 1. The van der Waals surface area contributed by atoms with E-state index in [0.29, 0.717) is 26.2 Å². The molecule has 0 aliphatic carbocycles. The third-order valence-corrected chi connectivity index (χ3v) is 4.47. The molecule has 25 heavy (non-hydrogen) atoms. The lowest BCUT2D eigenvalue weighted by molar-refractivity contribution is 0.0383. The first kappa shape index (κ1) is 17.8. The number of likely N-dealkylation sites (N-methyl/N-ethyl adjacent to an activating group) is 1. The Labute approximate surface area is 148 Å². The molecule has 7 nitrogen and oxygen atoms in total. The molecular formula is C18H27N3O4. The molecule has 1 N–H and O–H groups in total. The van der Waals surface area contributed by atoms with Crippen molar-refractivity contribution < 1.29 is 19.0 Å². The Morgan fingerprint density at radius 2 is 2.04 bits per heavy atom. The van der Waals surface area contributed by atoms with Gasteiger partial charge in [-0.2, -0.15) is 0 Å². The SMILES string of the molecule is CCN(CC1COc2ccccc2O1)C(=O)NCCN1CCOCC1. The molecule has 1 unspecified atom stereocenters. The zero-order chi connectivity index (χ0) is 17.5. The molecule has 1 aromatic carbocycles. The van der Waals surface area contributed by atoms with Crippen molar-refractivity contribution in [2.45, 2.75) is 13.0 Å². The Balaban J connectivity index is 1.43. The van der Waals surface area contributed by atoms with Gasteiger partial charge in [0.15, 0.2) is 17.6 Å². The molecule has 3 rings (SSSR count). The number of nitrogens with one attached hydrogen (secondary N) is 1. The highest BCUT2D eigenvalue weighted by Crippen LogP contribution is 2.30. The van der Waals surface area contributed by atoms with Crippen molar-refractivity contribution in [1.29, 1.82) is 0 Å². The summed E-state index contributed by atoms with van der Waals surface area (Å²) in [5.74, 6) is 1.50. The van der Waals surface area contributed by atoms with Crippen LogP contribution in [0.2, 0.25) is 0 Å². The van der Waals surface area contributed by atoms with Gasteiger partial charge in [-0.05, 0) is 19.1 Å². The predicted molar refractivity (Wildman–Crippen MR) is 94.3 cm³/mol. The predicted octanol–water partition coefficient (Wildman–Crippen LogP) is 1.19. The van der Waals surface area contributed by atoms with Crippen molar-refractivity contribution in [2.75, 3.05) is 59.1 Å². The fraction of sp³-hybridized carbons (Fsp3) is 0.611. The van der Waals surface area contributed by atoms with Gasteiger partial charge in [0.1, 0.15) is 6.61 Å². The number of morpholine rings is 1. The van der Waals surface area contributed by atoms with Crippen LogP contribution in [0.4, 0.5) is 4.79 Å². The second-order valence-corrected chi connectivity index (χ2v) is 6.22. The van der Waals surface area contributed by atoms with Crippen LogP contribution in [-0.4, -0.2) is 81.0 Å². The lowest BCUT2D eigenvalue weighted by Gasteiger charge is -2.31. The van der Waals surface area contributed by atoms with E-state index in [9.17, 15) is 4.79 Å². The number of amides is 2. The Morgan fingerprint density at radius 1 is 1.28 bits per heavy atom. The summed E-state index contributed by atoms with van der Waals surface area (Å²) in [5.41, 5.74) is 0. The van der Waals surface area contributed by atoms with Crippen molar-refractivity contribution in [3.63, 3.8) is 0 Å². The van der Waals surface area contributed by atoms with E-state index < -0.39 is 0 Å². The molecule has 1 fully saturated rings. The first-order valence-electron chi connectivity index (χ1n) is 8.97. The number of carbonyl (C=O) groups excluding carboxylic acids is 1. The van der Waals surface area contributed by atoms with Crippen molar-refractivity contribution in [3.8, 4) is 11.5 Å². The molecule has 2 aliphatic rings. The van der Waals surface area contributed by atoms with E-state index in [1.165, 1.54) is 0 Å². The number of hydrogen-bond acceptors (Lipinski definition) is 5. The maximum absolute atomic E-state index is 12.4. The van der Waals surface area contributed by atoms with Crippen LogP contribution in [0.15, 0.2) is 24.3 Å². The quantitative estimate of drug-likeness (QED) is 0.836. The van der Waals surface area contributed by atoms with Gasteiger partial charge < -0.3 is 24.4 Å². The zero-order valence-electron chi connectivity index (χ0n) is 14.8. The number of carbonyl (C=O) groups is 1. The van der Waals surface area contributed by atoms with E-state index in [1.54, 1.807) is 4.90 Å². The van der Waals surface area contributed by atoms with Gasteiger partial charge in [-0.25, -0.2) is 4.79 Å². The maximum atomic E-state index is 12.4. The van der Waals surface area contributed by atoms with E-state index in [2.05, 4.69) is 10.2 Å². The molecule has 2 aliphatic heterocycles. The van der Waals surface area contributed by atoms with Crippen LogP contribution in [0.25, 0.3) is 0 Å². The fourth-order valence-corrected chi connectivity index (χ4v) is 3.01. The van der Waals surface area contributed by atoms with E-state index in [0.717, 1.165) is 44.3 Å². The number of rotatable bonds is 6. The molecule has 0 spiro atoms. The summed E-state index contributed by atoms with van der Waals surface area (Å²) in [6.07, 6.45) is -0.153. The van der Waals surface area contributed by atoms with E-state index in [1.807, 2.05) is 31.2 Å². The van der Waals surface area contributed by atoms with Crippen molar-refractivity contribution in [2.24, 2.45) is 0 Å². The zero-order valence-corrected chi connectivity index (χ0v) is 14.8. The summed E-state index contributed by atoms with van der Waals surface area (Å²) in [6.45, 7) is 8.46. The molecule has 7 heteroatoms. The van der Waals surface area contributed by atoms with Gasteiger partial charge in [0.05, 0.1) is 19.8 Å². The van der Waals surface area contributed by atoms with Gasteiger partial charge in [-0.15, -0.1) is 0 Å². The standard InChI is InChI=1S/C18H27N3O4/c1-2-21(18(22)19-7-8-20-9-11-23-12-10-20)13-15-14-24-16-5-3-4-6-17(16)25-15/h3-6,15H,2,7-14H2,1H3,(H,19,22). The van der Waals surface area contributed by atoms with Gasteiger partial charge in [-0.3, -0.25) is 4.90 Å². The van der Waals surface area contributed by atoms with Gasteiger partial charge in [0.2, 0.25) is 0 Å². The molecule has 2 amide bonds. The second kappa shape index (κ2) is 8.92. The monoisotopic (exact) mass is 349 g/mol. The largest absolute Gasteiger partial charge is 0.486 e. The Kier molecular flexibility index (Phi) is 6.36. The molecular weight excluding hydrogens is 322 g/mol. The minimum atomic E-state index is -0.153. The van der Waals surface area contributed by atoms with Gasteiger partial charge in [0.25, 0.3) is 0 Å². The second-order valence-electron chi connectivity index (χ2n) is 6.22. The van der Waals surface area contributed by atoms with Crippen LogP contribution in [0.5, 0.6) is 11.5 Å². The summed E-state index contributed by atoms with van der Waals surface area (Å²) in [6, 6.07) is 7.56. The lowest BCUT2D eigenvalue weighted by atomic mass is 10.2. The summed E-state index contributed by atoms with van der Waals surface area (Å²) < 4.78 is 17.0. The van der Waals surface area contributed by atoms with Crippen molar-refractivity contribution in [3.05, 3.63) is 24.3 Å². The summed E-state index contributed by atoms with van der Waals surface area (Å²) in [7, 11) is 0. The number of fused-ring (bicyclic) bond motifs is 1. The van der Waals surface area contributed by atoms with Crippen molar-refractivity contribution in [1.82, 2.24) is 15.1 Å². The third kappa shape index (κ3) is 4.99. The van der Waals surface area contributed by atoms with Crippen LogP contribution < -0.4 is 14.8 Å². The fourth-order valence-electron chi connectivity index (χ4n) is 3.01. The van der Waals surface area contributed by atoms with E-state index in [4.69, 9.17) is 14.2 Å². The normalized spacial score (nSPS) is 20.1. The topological polar surface area (TPSA) is 63.3 Å². The van der Waals surface area contributed by atoms with Gasteiger partial charge in [0, 0.05) is 32.7 Å². The molecule has 0 aromatic heterocycles. The van der Waals surface area contributed by atoms with Crippen LogP contribution in [0.1, 0.15) is 6.92 Å². The molecule has 1 atom stereocenters. The van der Waals surface area contributed by atoms with E-state index in [-0.39, 0.29) is 12.1 Å². The highest BCUT2D eigenvalue weighted by molar-refractivity contribution is 5.74. The molecule has 1 aromatic rings.